The van der Waals surface area contributed by atoms with Gasteiger partial charge in [-0.05, 0) is 30.3 Å². The third-order valence-corrected chi connectivity index (χ3v) is 4.97. The Bertz CT molecular complexity index is 937. The number of amides is 2. The number of hydrogen-bond donors (Lipinski definition) is 2. The van der Waals surface area contributed by atoms with E-state index in [1.807, 2.05) is 0 Å². The van der Waals surface area contributed by atoms with Crippen LogP contribution in [0.5, 0.6) is 5.75 Å². The summed E-state index contributed by atoms with van der Waals surface area (Å²) < 4.78 is 5.38. The van der Waals surface area contributed by atoms with Crippen LogP contribution in [0, 0.1) is 12.3 Å². The number of phenolic OH excluding ortho intramolecular Hbond substituents is 1. The first-order valence-electron chi connectivity index (χ1n) is 9.03. The summed E-state index contributed by atoms with van der Waals surface area (Å²) in [5.41, 5.74) is 2.07. The summed E-state index contributed by atoms with van der Waals surface area (Å²) in [7, 11) is 0. The molecule has 2 aromatic rings. The number of rotatable bonds is 4. The molecule has 2 heterocycles. The van der Waals surface area contributed by atoms with Gasteiger partial charge in [0.1, 0.15) is 17.0 Å². The standard InChI is InChI=1S/C21H20ClN3O4/c1-2-21(8-11-29-12-9-21)25(20(28)17-5-3-4-10-23-17)24-19(27)14-15-13-16(22)6-7-18(15)26/h1,3-7,10,13,26H,8-9,11-12,14H2,(H,24,27). The monoisotopic (exact) mass is 413 g/mol. The van der Waals surface area contributed by atoms with E-state index >= 15 is 0 Å². The lowest BCUT2D eigenvalue weighted by atomic mass is 9.90. The van der Waals surface area contributed by atoms with E-state index in [1.165, 1.54) is 29.4 Å². The van der Waals surface area contributed by atoms with E-state index in [0.717, 1.165) is 0 Å². The van der Waals surface area contributed by atoms with E-state index in [-0.39, 0.29) is 17.9 Å². The van der Waals surface area contributed by atoms with Crippen LogP contribution < -0.4 is 5.43 Å². The second-order valence-corrected chi connectivity index (χ2v) is 7.07. The Balaban J connectivity index is 1.88. The zero-order chi connectivity index (χ0) is 20.9. The average molecular weight is 414 g/mol. The Morgan fingerprint density at radius 2 is 2.07 bits per heavy atom. The number of hydrazine groups is 1. The van der Waals surface area contributed by atoms with Gasteiger partial charge in [0.2, 0.25) is 5.91 Å². The minimum absolute atomic E-state index is 0.0649. The summed E-state index contributed by atoms with van der Waals surface area (Å²) in [6, 6.07) is 9.33. The molecule has 150 valence electrons. The van der Waals surface area contributed by atoms with E-state index < -0.39 is 17.4 Å². The maximum Gasteiger partial charge on any atom is 0.292 e. The fourth-order valence-corrected chi connectivity index (χ4v) is 3.33. The molecule has 1 aromatic carbocycles. The highest BCUT2D eigenvalue weighted by molar-refractivity contribution is 6.30. The quantitative estimate of drug-likeness (QED) is 0.593. The van der Waals surface area contributed by atoms with Gasteiger partial charge in [-0.3, -0.25) is 20.0 Å². The highest BCUT2D eigenvalue weighted by Gasteiger charge is 2.42. The van der Waals surface area contributed by atoms with Gasteiger partial charge in [0.25, 0.3) is 5.91 Å². The molecule has 0 atom stereocenters. The molecule has 1 aliphatic rings. The van der Waals surface area contributed by atoms with Crippen LogP contribution in [0.25, 0.3) is 0 Å². The van der Waals surface area contributed by atoms with Gasteiger partial charge in [0.15, 0.2) is 0 Å². The Morgan fingerprint density at radius 1 is 1.31 bits per heavy atom. The summed E-state index contributed by atoms with van der Waals surface area (Å²) in [6.07, 6.45) is 7.84. The number of terminal acetylenes is 1. The fraction of sp³-hybridized carbons (Fsp3) is 0.286. The second-order valence-electron chi connectivity index (χ2n) is 6.63. The molecule has 1 aliphatic heterocycles. The molecule has 2 amide bonds. The zero-order valence-corrected chi connectivity index (χ0v) is 16.4. The normalized spacial score (nSPS) is 15.2. The van der Waals surface area contributed by atoms with Crippen molar-refractivity contribution in [2.45, 2.75) is 24.8 Å². The highest BCUT2D eigenvalue weighted by Crippen LogP contribution is 2.28. The van der Waals surface area contributed by atoms with E-state index in [0.29, 0.717) is 36.6 Å². The van der Waals surface area contributed by atoms with Gasteiger partial charge in [-0.15, -0.1) is 6.42 Å². The fourth-order valence-electron chi connectivity index (χ4n) is 3.13. The lowest BCUT2D eigenvalue weighted by Gasteiger charge is -2.42. The summed E-state index contributed by atoms with van der Waals surface area (Å²) in [5.74, 6) is 1.57. The van der Waals surface area contributed by atoms with Crippen molar-refractivity contribution < 1.29 is 19.4 Å². The minimum Gasteiger partial charge on any atom is -0.508 e. The smallest absolute Gasteiger partial charge is 0.292 e. The molecular formula is C21H20ClN3O4. The molecule has 29 heavy (non-hydrogen) atoms. The number of halogens is 1. The van der Waals surface area contributed by atoms with Crippen molar-refractivity contribution in [3.05, 3.63) is 58.9 Å². The maximum absolute atomic E-state index is 13.2. The predicted octanol–water partition coefficient (Wildman–Crippen LogP) is 2.34. The van der Waals surface area contributed by atoms with Crippen molar-refractivity contribution in [1.29, 1.82) is 0 Å². The molecule has 7 nitrogen and oxygen atoms in total. The van der Waals surface area contributed by atoms with Gasteiger partial charge in [0.05, 0.1) is 6.42 Å². The molecule has 0 bridgehead atoms. The van der Waals surface area contributed by atoms with E-state index in [9.17, 15) is 14.7 Å². The number of benzene rings is 1. The van der Waals surface area contributed by atoms with Crippen molar-refractivity contribution in [3.63, 3.8) is 0 Å². The molecule has 1 fully saturated rings. The summed E-state index contributed by atoms with van der Waals surface area (Å²) in [5, 5.41) is 11.5. The Hall–Kier alpha value is -3.08. The zero-order valence-electron chi connectivity index (χ0n) is 15.6. The molecule has 2 N–H and O–H groups in total. The van der Waals surface area contributed by atoms with Gasteiger partial charge in [-0.2, -0.15) is 0 Å². The van der Waals surface area contributed by atoms with Crippen LogP contribution in [-0.2, 0) is 16.0 Å². The second kappa shape index (κ2) is 8.95. The first-order valence-corrected chi connectivity index (χ1v) is 9.41. The van der Waals surface area contributed by atoms with Gasteiger partial charge in [-0.1, -0.05) is 23.6 Å². The third-order valence-electron chi connectivity index (χ3n) is 4.73. The van der Waals surface area contributed by atoms with Crippen LogP contribution in [0.4, 0.5) is 0 Å². The first kappa shape index (κ1) is 20.6. The molecule has 1 aromatic heterocycles. The predicted molar refractivity (Wildman–Crippen MR) is 107 cm³/mol. The van der Waals surface area contributed by atoms with Crippen molar-refractivity contribution in [1.82, 2.24) is 15.4 Å². The number of ether oxygens (including phenoxy) is 1. The number of carbonyl (C=O) groups excluding carboxylic acids is 2. The number of nitrogens with one attached hydrogen (secondary N) is 1. The van der Waals surface area contributed by atoms with Crippen LogP contribution in [0.2, 0.25) is 5.02 Å². The van der Waals surface area contributed by atoms with E-state index in [1.54, 1.807) is 18.2 Å². The van der Waals surface area contributed by atoms with Gasteiger partial charge in [0, 0.05) is 42.8 Å². The van der Waals surface area contributed by atoms with Crippen LogP contribution >= 0.6 is 11.6 Å². The maximum atomic E-state index is 13.2. The van der Waals surface area contributed by atoms with Gasteiger partial charge >= 0.3 is 0 Å². The Morgan fingerprint density at radius 3 is 2.72 bits per heavy atom. The molecular weight excluding hydrogens is 394 g/mol. The number of aromatic hydroxyl groups is 1. The lowest BCUT2D eigenvalue weighted by Crippen LogP contribution is -2.61. The van der Waals surface area contributed by atoms with E-state index in [2.05, 4.69) is 16.3 Å². The van der Waals surface area contributed by atoms with Gasteiger partial charge in [-0.25, -0.2) is 5.01 Å². The van der Waals surface area contributed by atoms with Crippen LogP contribution in [-0.4, -0.2) is 45.7 Å². The van der Waals surface area contributed by atoms with Crippen LogP contribution in [0.3, 0.4) is 0 Å². The summed E-state index contributed by atoms with van der Waals surface area (Å²) in [6.45, 7) is 0.725. The minimum atomic E-state index is -1.04. The number of phenols is 1. The highest BCUT2D eigenvalue weighted by atomic mass is 35.5. The summed E-state index contributed by atoms with van der Waals surface area (Å²) >= 11 is 5.95. The number of nitrogens with zero attached hydrogens (tertiary/aromatic N) is 2. The molecule has 8 heteroatoms. The number of hydrogen-bond acceptors (Lipinski definition) is 5. The number of aromatic nitrogens is 1. The molecule has 1 saturated heterocycles. The first-order chi connectivity index (χ1) is 13.9. The third kappa shape index (κ3) is 4.67. The number of pyridine rings is 1. The van der Waals surface area contributed by atoms with Crippen LogP contribution in [0.1, 0.15) is 28.9 Å². The molecule has 0 spiro atoms. The van der Waals surface area contributed by atoms with Crippen molar-refractivity contribution in [3.8, 4) is 18.1 Å². The molecule has 0 saturated carbocycles. The lowest BCUT2D eigenvalue weighted by molar-refractivity contribution is -0.127. The van der Waals surface area contributed by atoms with Crippen molar-refractivity contribution >= 4 is 23.4 Å². The van der Waals surface area contributed by atoms with Crippen molar-refractivity contribution in [2.24, 2.45) is 0 Å². The summed E-state index contributed by atoms with van der Waals surface area (Å²) in [4.78, 5) is 30.0. The van der Waals surface area contributed by atoms with Crippen LogP contribution in [0.15, 0.2) is 42.6 Å². The molecule has 0 aliphatic carbocycles. The topological polar surface area (TPSA) is 91.8 Å². The van der Waals surface area contributed by atoms with Gasteiger partial charge < -0.3 is 9.84 Å². The Labute approximate surface area is 173 Å². The largest absolute Gasteiger partial charge is 0.508 e. The van der Waals surface area contributed by atoms with E-state index in [4.69, 9.17) is 22.8 Å². The molecule has 0 unspecified atom stereocenters. The molecule has 3 rings (SSSR count). The number of carbonyl (C=O) groups is 2. The molecule has 0 radical (unpaired) electrons. The Kier molecular flexibility index (Phi) is 6.37. The van der Waals surface area contributed by atoms with Crippen molar-refractivity contribution in [2.75, 3.05) is 13.2 Å². The average Bonchev–Trinajstić information content (AvgIpc) is 2.75. The SMILES string of the molecule is C#CC1(N(NC(=O)Cc2cc(Cl)ccc2O)C(=O)c2ccccn2)CCOCC1.